The summed E-state index contributed by atoms with van der Waals surface area (Å²) in [4.78, 5) is 38.0. The molecule has 0 fully saturated rings. The normalized spacial score (nSPS) is 11.9. The Labute approximate surface area is 387 Å². The van der Waals surface area contributed by atoms with Gasteiger partial charge in [0.15, 0.2) is 6.10 Å². The van der Waals surface area contributed by atoms with Crippen LogP contribution in [0, 0.1) is 0 Å². The average Bonchev–Trinajstić information content (AvgIpc) is 3.27. The summed E-state index contributed by atoms with van der Waals surface area (Å²) in [5.41, 5.74) is 0. The molecule has 0 radical (unpaired) electrons. The summed E-state index contributed by atoms with van der Waals surface area (Å²) in [6.45, 7) is 6.70. The number of carbonyl (C=O) groups excluding carboxylic acids is 3. The Morgan fingerprint density at radius 1 is 0.258 bits per heavy atom. The number of rotatable bonds is 52. The van der Waals surface area contributed by atoms with E-state index in [0.29, 0.717) is 19.3 Å². The highest BCUT2D eigenvalue weighted by Gasteiger charge is 2.19. The molecule has 0 aliphatic carbocycles. The van der Waals surface area contributed by atoms with Crippen LogP contribution in [0.1, 0.15) is 323 Å². The second-order valence-electron chi connectivity index (χ2n) is 19.2. The number of hydrogen-bond acceptors (Lipinski definition) is 6. The van der Waals surface area contributed by atoms with Gasteiger partial charge in [-0.2, -0.15) is 0 Å². The molecule has 0 aromatic rings. The van der Waals surface area contributed by atoms with E-state index >= 15 is 0 Å². The Kier molecular flexibility index (Phi) is 50.7. The van der Waals surface area contributed by atoms with Crippen LogP contribution in [-0.4, -0.2) is 37.2 Å². The largest absolute Gasteiger partial charge is 0.462 e. The van der Waals surface area contributed by atoms with Gasteiger partial charge in [0.1, 0.15) is 13.2 Å². The van der Waals surface area contributed by atoms with Crippen molar-refractivity contribution in [2.24, 2.45) is 0 Å². The lowest BCUT2D eigenvalue weighted by atomic mass is 10.0. The van der Waals surface area contributed by atoms with Crippen molar-refractivity contribution in [1.29, 1.82) is 0 Å². The zero-order valence-corrected chi connectivity index (χ0v) is 42.2. The van der Waals surface area contributed by atoms with Gasteiger partial charge in [-0.3, -0.25) is 14.4 Å². The van der Waals surface area contributed by atoms with E-state index in [1.807, 2.05) is 0 Å². The number of hydrogen-bond donors (Lipinski definition) is 0. The van der Waals surface area contributed by atoms with E-state index in [0.717, 1.165) is 57.8 Å². The molecule has 0 N–H and O–H groups in total. The fraction of sp³-hybridized carbons (Fsp3) is 0.946. The van der Waals surface area contributed by atoms with E-state index in [1.54, 1.807) is 0 Å². The Hall–Kier alpha value is -1.59. The van der Waals surface area contributed by atoms with Crippen molar-refractivity contribution in [2.45, 2.75) is 329 Å². The Morgan fingerprint density at radius 3 is 0.645 bits per heavy atom. The maximum atomic E-state index is 12.8. The lowest BCUT2D eigenvalue weighted by molar-refractivity contribution is -0.167. The second-order valence-corrected chi connectivity index (χ2v) is 19.2. The maximum Gasteiger partial charge on any atom is 0.306 e. The van der Waals surface area contributed by atoms with Crippen LogP contribution in [0.3, 0.4) is 0 Å². The Balaban J connectivity index is 4.26. The molecule has 0 aromatic heterocycles. The van der Waals surface area contributed by atoms with E-state index in [9.17, 15) is 14.4 Å². The van der Waals surface area contributed by atoms with Gasteiger partial charge in [0, 0.05) is 19.3 Å². The predicted molar refractivity (Wildman–Crippen MR) is 266 cm³/mol. The molecule has 0 unspecified atom stereocenters. The Bertz CT molecular complexity index is 920. The van der Waals surface area contributed by atoms with Gasteiger partial charge in [-0.1, -0.05) is 284 Å². The lowest BCUT2D eigenvalue weighted by Crippen LogP contribution is -2.30. The van der Waals surface area contributed by atoms with Crippen molar-refractivity contribution in [1.82, 2.24) is 0 Å². The van der Waals surface area contributed by atoms with Crippen LogP contribution in [-0.2, 0) is 28.6 Å². The zero-order chi connectivity index (χ0) is 45.1. The van der Waals surface area contributed by atoms with Gasteiger partial charge < -0.3 is 14.2 Å². The summed E-state index contributed by atoms with van der Waals surface area (Å²) >= 11 is 0. The molecular formula is C56H108O6. The van der Waals surface area contributed by atoms with Crippen LogP contribution in [0.25, 0.3) is 0 Å². The minimum absolute atomic E-state index is 0.0613. The fourth-order valence-electron chi connectivity index (χ4n) is 8.62. The first-order chi connectivity index (χ1) is 30.5. The third-order valence-corrected chi connectivity index (χ3v) is 12.9. The third-order valence-electron chi connectivity index (χ3n) is 12.9. The van der Waals surface area contributed by atoms with Crippen LogP contribution in [0.2, 0.25) is 0 Å². The molecule has 0 heterocycles. The molecule has 0 bridgehead atoms. The first-order valence-corrected chi connectivity index (χ1v) is 28.0. The van der Waals surface area contributed by atoms with Crippen LogP contribution in [0.15, 0.2) is 0 Å². The van der Waals surface area contributed by atoms with Gasteiger partial charge in [-0.25, -0.2) is 0 Å². The predicted octanol–water partition coefficient (Wildman–Crippen LogP) is 18.4. The van der Waals surface area contributed by atoms with E-state index in [2.05, 4.69) is 20.8 Å². The Morgan fingerprint density at radius 2 is 0.435 bits per heavy atom. The summed E-state index contributed by atoms with van der Waals surface area (Å²) in [5.74, 6) is -0.835. The molecule has 0 saturated heterocycles. The second kappa shape index (κ2) is 52.0. The summed E-state index contributed by atoms with van der Waals surface area (Å²) in [6.07, 6.45) is 56.6. The smallest absolute Gasteiger partial charge is 0.306 e. The maximum absolute atomic E-state index is 12.8. The number of ether oxygens (including phenoxy) is 3. The highest BCUT2D eigenvalue weighted by Crippen LogP contribution is 2.17. The van der Waals surface area contributed by atoms with Crippen LogP contribution >= 0.6 is 0 Å². The lowest BCUT2D eigenvalue weighted by Gasteiger charge is -2.18. The van der Waals surface area contributed by atoms with Crippen molar-refractivity contribution < 1.29 is 28.6 Å². The fourth-order valence-corrected chi connectivity index (χ4v) is 8.62. The summed E-state index contributed by atoms with van der Waals surface area (Å²) in [5, 5.41) is 0. The SMILES string of the molecule is CCCCCCCCCCCCCCCCCCCCC(=O)OC[C@@H](COC(=O)CCCCCCCCCCCCCCC)OC(=O)CCCCCCCCCCCCCCC. The van der Waals surface area contributed by atoms with Gasteiger partial charge in [-0.15, -0.1) is 0 Å². The summed E-state index contributed by atoms with van der Waals surface area (Å²) < 4.78 is 16.9. The molecule has 0 aliphatic heterocycles. The highest BCUT2D eigenvalue weighted by molar-refractivity contribution is 5.71. The van der Waals surface area contributed by atoms with Gasteiger partial charge in [-0.05, 0) is 19.3 Å². The molecule has 0 amide bonds. The van der Waals surface area contributed by atoms with Crippen molar-refractivity contribution in [3.05, 3.63) is 0 Å². The average molecular weight is 877 g/mol. The minimum atomic E-state index is -0.760. The molecule has 0 saturated carbocycles. The van der Waals surface area contributed by atoms with E-state index < -0.39 is 6.10 Å². The minimum Gasteiger partial charge on any atom is -0.462 e. The first-order valence-electron chi connectivity index (χ1n) is 28.0. The van der Waals surface area contributed by atoms with Crippen molar-refractivity contribution in [3.63, 3.8) is 0 Å². The van der Waals surface area contributed by atoms with Crippen molar-refractivity contribution in [2.75, 3.05) is 13.2 Å². The van der Waals surface area contributed by atoms with Gasteiger partial charge in [0.25, 0.3) is 0 Å². The third kappa shape index (κ3) is 49.4. The summed E-state index contributed by atoms with van der Waals surface area (Å²) in [6, 6.07) is 0. The molecule has 0 aliphatic rings. The van der Waals surface area contributed by atoms with Gasteiger partial charge in [0.2, 0.25) is 0 Å². The van der Waals surface area contributed by atoms with Crippen LogP contribution in [0.4, 0.5) is 0 Å². The number of unbranched alkanes of at least 4 members (excludes halogenated alkanes) is 41. The quantitative estimate of drug-likeness (QED) is 0.0344. The molecule has 368 valence electrons. The topological polar surface area (TPSA) is 78.9 Å². The first kappa shape index (κ1) is 60.4. The number of carbonyl (C=O) groups is 3. The summed E-state index contributed by atoms with van der Waals surface area (Å²) in [7, 11) is 0. The zero-order valence-electron chi connectivity index (χ0n) is 42.2. The van der Waals surface area contributed by atoms with Crippen LogP contribution < -0.4 is 0 Å². The molecule has 0 spiro atoms. The monoisotopic (exact) mass is 877 g/mol. The molecule has 0 aromatic carbocycles. The van der Waals surface area contributed by atoms with Gasteiger partial charge >= 0.3 is 17.9 Å². The molecule has 6 heteroatoms. The van der Waals surface area contributed by atoms with E-state index in [1.165, 1.54) is 225 Å². The van der Waals surface area contributed by atoms with Gasteiger partial charge in [0.05, 0.1) is 0 Å². The highest BCUT2D eigenvalue weighted by atomic mass is 16.6. The molecule has 0 rings (SSSR count). The number of esters is 3. The molecule has 1 atom stereocenters. The molecule has 62 heavy (non-hydrogen) atoms. The molecule has 6 nitrogen and oxygen atoms in total. The van der Waals surface area contributed by atoms with Crippen LogP contribution in [0.5, 0.6) is 0 Å². The van der Waals surface area contributed by atoms with E-state index in [-0.39, 0.29) is 31.1 Å². The molecular weight excluding hydrogens is 769 g/mol. The van der Waals surface area contributed by atoms with E-state index in [4.69, 9.17) is 14.2 Å². The standard InChI is InChI=1S/C56H108O6/c1-4-7-10-13-16-19-22-25-26-27-28-29-32-34-37-40-43-46-49-55(58)61-52-53(62-56(59)50-47-44-41-38-35-31-24-21-18-15-12-9-6-3)51-60-54(57)48-45-42-39-36-33-30-23-20-17-14-11-8-5-2/h53H,4-52H2,1-3H3/t53-/m1/s1. The van der Waals surface area contributed by atoms with Crippen molar-refractivity contribution in [3.8, 4) is 0 Å². The van der Waals surface area contributed by atoms with Crippen molar-refractivity contribution >= 4 is 17.9 Å².